The van der Waals surface area contributed by atoms with E-state index in [9.17, 15) is 4.21 Å². The Morgan fingerprint density at radius 2 is 2.38 bits per heavy atom. The molecule has 0 bridgehead atoms. The molecule has 0 aliphatic carbocycles. The smallest absolute Gasteiger partial charge is 0.302 e. The second-order valence-corrected chi connectivity index (χ2v) is 2.10. The molecule has 0 aromatic carbocycles. The maximum Gasteiger partial charge on any atom is 0.302 e. The van der Waals surface area contributed by atoms with Crippen molar-refractivity contribution in [3.05, 3.63) is 0 Å². The first-order chi connectivity index (χ1) is 3.79. The van der Waals surface area contributed by atoms with Crippen molar-refractivity contribution in [3.8, 4) is 0 Å². The minimum Gasteiger partial charge on any atom is -0.376 e. The van der Waals surface area contributed by atoms with Gasteiger partial charge in [0, 0.05) is 0 Å². The third-order valence-corrected chi connectivity index (χ3v) is 1.26. The molecule has 1 aliphatic rings. The molecule has 1 rings (SSSR count). The lowest BCUT2D eigenvalue weighted by molar-refractivity contribution is -0.0773. The predicted molar refractivity (Wildman–Crippen MR) is 26.5 cm³/mol. The molecule has 1 saturated heterocycles. The topological polar surface area (TPSA) is 55.8 Å². The molecule has 5 heteroatoms. The molecule has 0 saturated carbocycles. The average molecular weight is 138 g/mol. The Balaban J connectivity index is 2.09. The summed E-state index contributed by atoms with van der Waals surface area (Å²) in [5.74, 6) is 0. The number of hydrogen-bond donors (Lipinski definition) is 1. The normalized spacial score (nSPS) is 24.6. The van der Waals surface area contributed by atoms with Crippen molar-refractivity contribution in [2.24, 2.45) is 0 Å². The number of ether oxygens (including phenoxy) is 1. The van der Waals surface area contributed by atoms with Crippen molar-refractivity contribution in [2.45, 2.75) is 6.10 Å². The average Bonchev–Trinajstić information content (AvgIpc) is 1.55. The van der Waals surface area contributed by atoms with Gasteiger partial charge in [0.25, 0.3) is 0 Å². The Kier molecular flexibility index (Phi) is 1.95. The van der Waals surface area contributed by atoms with Gasteiger partial charge in [0.05, 0.1) is 13.2 Å². The molecule has 0 aromatic rings. The van der Waals surface area contributed by atoms with Gasteiger partial charge in [-0.25, -0.2) is 0 Å². The van der Waals surface area contributed by atoms with E-state index in [0.717, 1.165) is 0 Å². The maximum atomic E-state index is 9.84. The molecule has 8 heavy (non-hydrogen) atoms. The molecule has 0 spiro atoms. The molecule has 48 valence electrons. The van der Waals surface area contributed by atoms with Crippen LogP contribution >= 0.6 is 0 Å². The Morgan fingerprint density at radius 1 is 1.75 bits per heavy atom. The first kappa shape index (κ1) is 6.15. The largest absolute Gasteiger partial charge is 0.376 e. The third-order valence-electron chi connectivity index (χ3n) is 0.826. The fraction of sp³-hybridized carbons (Fsp3) is 1.00. The van der Waals surface area contributed by atoms with E-state index in [-0.39, 0.29) is 6.10 Å². The molecule has 1 fully saturated rings. The van der Waals surface area contributed by atoms with Crippen LogP contribution in [0.2, 0.25) is 0 Å². The van der Waals surface area contributed by atoms with E-state index in [1.54, 1.807) is 0 Å². The molecule has 1 atom stereocenters. The molecule has 1 aliphatic heterocycles. The van der Waals surface area contributed by atoms with Gasteiger partial charge in [-0.1, -0.05) is 0 Å². The van der Waals surface area contributed by atoms with Crippen molar-refractivity contribution in [2.75, 3.05) is 13.2 Å². The van der Waals surface area contributed by atoms with E-state index in [1.807, 2.05) is 0 Å². The van der Waals surface area contributed by atoms with Crippen molar-refractivity contribution in [1.82, 2.24) is 0 Å². The summed E-state index contributed by atoms with van der Waals surface area (Å²) in [6.45, 7) is 0.874. The van der Waals surface area contributed by atoms with Gasteiger partial charge >= 0.3 is 11.4 Å². The Bertz CT molecular complexity index is 99.5. The number of hydrogen-bond acceptors (Lipinski definition) is 3. The van der Waals surface area contributed by atoms with Crippen molar-refractivity contribution >= 4 is 11.4 Å². The maximum absolute atomic E-state index is 9.84. The van der Waals surface area contributed by atoms with Gasteiger partial charge in [0.15, 0.2) is 0 Å². The summed E-state index contributed by atoms with van der Waals surface area (Å²) in [5, 5.41) is 0. The fourth-order valence-electron chi connectivity index (χ4n) is 0.386. The number of rotatable bonds is 2. The molecule has 0 amide bonds. The fourth-order valence-corrected chi connectivity index (χ4v) is 0.730. The van der Waals surface area contributed by atoms with E-state index in [2.05, 4.69) is 8.92 Å². The van der Waals surface area contributed by atoms with Gasteiger partial charge in [-0.2, -0.15) is 4.21 Å². The van der Waals surface area contributed by atoms with Crippen LogP contribution in [0.4, 0.5) is 0 Å². The van der Waals surface area contributed by atoms with Crippen LogP contribution < -0.4 is 0 Å². The quantitative estimate of drug-likeness (QED) is 0.524. The standard InChI is InChI=1S/C3H6O4S/c4-8(5)7-3-1-6-2-3/h3H,1-2H2,(H,4,5). The molecule has 1 heterocycles. The van der Waals surface area contributed by atoms with Crippen LogP contribution in [0, 0.1) is 0 Å². The second-order valence-electron chi connectivity index (χ2n) is 1.47. The first-order valence-corrected chi connectivity index (χ1v) is 3.18. The molecule has 0 aromatic heterocycles. The van der Waals surface area contributed by atoms with Crippen LogP contribution in [0.25, 0.3) is 0 Å². The van der Waals surface area contributed by atoms with E-state index in [4.69, 9.17) is 4.55 Å². The monoisotopic (exact) mass is 138 g/mol. The Hall–Kier alpha value is 0.0300. The predicted octanol–water partition coefficient (Wildman–Crippen LogP) is -0.462. The Labute approximate surface area is 49.3 Å². The lowest BCUT2D eigenvalue weighted by Crippen LogP contribution is -2.36. The van der Waals surface area contributed by atoms with Crippen LogP contribution in [0.3, 0.4) is 0 Å². The lowest BCUT2D eigenvalue weighted by Gasteiger charge is -2.23. The summed E-state index contributed by atoms with van der Waals surface area (Å²) in [7, 11) is 0. The van der Waals surface area contributed by atoms with E-state index in [0.29, 0.717) is 13.2 Å². The zero-order valence-electron chi connectivity index (χ0n) is 4.07. The summed E-state index contributed by atoms with van der Waals surface area (Å²) >= 11 is -2.12. The zero-order chi connectivity index (χ0) is 5.98. The molecular formula is C3H6O4S. The van der Waals surface area contributed by atoms with E-state index >= 15 is 0 Å². The minimum absolute atomic E-state index is 0.166. The van der Waals surface area contributed by atoms with Gasteiger partial charge in [-0.3, -0.25) is 8.74 Å². The van der Waals surface area contributed by atoms with Crippen molar-refractivity contribution in [1.29, 1.82) is 0 Å². The molecule has 1 unspecified atom stereocenters. The highest BCUT2D eigenvalue weighted by atomic mass is 32.2. The van der Waals surface area contributed by atoms with Gasteiger partial charge < -0.3 is 4.74 Å². The summed E-state index contributed by atoms with van der Waals surface area (Å²) in [6.07, 6.45) is -0.166. The zero-order valence-corrected chi connectivity index (χ0v) is 4.89. The van der Waals surface area contributed by atoms with Gasteiger partial charge in [-0.15, -0.1) is 0 Å². The van der Waals surface area contributed by atoms with E-state index < -0.39 is 11.4 Å². The Morgan fingerprint density at radius 3 is 2.50 bits per heavy atom. The van der Waals surface area contributed by atoms with Crippen LogP contribution in [0.1, 0.15) is 0 Å². The first-order valence-electron chi connectivity index (χ1n) is 2.15. The van der Waals surface area contributed by atoms with Crippen molar-refractivity contribution in [3.63, 3.8) is 0 Å². The SMILES string of the molecule is O=S(O)OC1COC1. The highest BCUT2D eigenvalue weighted by molar-refractivity contribution is 7.74. The lowest BCUT2D eigenvalue weighted by atomic mass is 10.3. The minimum atomic E-state index is -2.12. The summed E-state index contributed by atoms with van der Waals surface area (Å²) < 4.78 is 27.0. The van der Waals surface area contributed by atoms with Crippen LogP contribution in [0.5, 0.6) is 0 Å². The molecule has 0 radical (unpaired) electrons. The summed E-state index contributed by atoms with van der Waals surface area (Å²) in [4.78, 5) is 0. The molecular weight excluding hydrogens is 132 g/mol. The van der Waals surface area contributed by atoms with Crippen molar-refractivity contribution < 1.29 is 17.7 Å². The second kappa shape index (κ2) is 2.54. The van der Waals surface area contributed by atoms with E-state index in [1.165, 1.54) is 0 Å². The molecule has 1 N–H and O–H groups in total. The van der Waals surface area contributed by atoms with Gasteiger partial charge in [-0.05, 0) is 0 Å². The van der Waals surface area contributed by atoms with Gasteiger partial charge in [0.2, 0.25) is 0 Å². The summed E-state index contributed by atoms with van der Waals surface area (Å²) in [6, 6.07) is 0. The molecule has 4 nitrogen and oxygen atoms in total. The van der Waals surface area contributed by atoms with Crippen LogP contribution in [-0.4, -0.2) is 28.1 Å². The van der Waals surface area contributed by atoms with Crippen LogP contribution in [-0.2, 0) is 20.3 Å². The van der Waals surface area contributed by atoms with Gasteiger partial charge in [0.1, 0.15) is 6.10 Å². The van der Waals surface area contributed by atoms with Crippen LogP contribution in [0.15, 0.2) is 0 Å². The highest BCUT2D eigenvalue weighted by Gasteiger charge is 2.20. The third kappa shape index (κ3) is 1.52. The summed E-state index contributed by atoms with van der Waals surface area (Å²) in [5.41, 5.74) is 0. The highest BCUT2D eigenvalue weighted by Crippen LogP contribution is 2.05.